The van der Waals surface area contributed by atoms with E-state index in [4.69, 9.17) is 11.2 Å². The lowest BCUT2D eigenvalue weighted by Gasteiger charge is -2.30. The number of nitrogens with one attached hydrogen (secondary N) is 1. The molecule has 1 saturated heterocycles. The number of hydrogen-bond donors (Lipinski definition) is 1. The lowest BCUT2D eigenvalue weighted by atomic mass is 9.98. The molecule has 3 aromatic rings. The molecule has 33 heavy (non-hydrogen) atoms. The minimum absolute atomic E-state index is 0.0256. The van der Waals surface area contributed by atoms with E-state index in [2.05, 4.69) is 15.9 Å². The molecular weight excluding hydrogens is 443 g/mol. The average molecular weight is 467 g/mol. The van der Waals surface area contributed by atoms with Crippen molar-refractivity contribution in [2.75, 3.05) is 26.2 Å². The van der Waals surface area contributed by atoms with Crippen LogP contribution < -0.4 is 0 Å². The summed E-state index contributed by atoms with van der Waals surface area (Å²) in [5, 5.41) is 3.56. The van der Waals surface area contributed by atoms with Crippen LogP contribution in [0.2, 0.25) is 0 Å². The first-order valence-corrected chi connectivity index (χ1v) is 11.8. The molecule has 0 spiro atoms. The average Bonchev–Trinajstić information content (AvgIpc) is 3.47. The number of piperidine rings is 1. The summed E-state index contributed by atoms with van der Waals surface area (Å²) in [5.74, 6) is 2.11. The van der Waals surface area contributed by atoms with Crippen molar-refractivity contribution < 1.29 is 18.7 Å². The number of nitrogens with zero attached hydrogens (tertiary/aromatic N) is 3. The number of fused-ring (bicyclic) bond motifs is 3. The Labute approximate surface area is 194 Å². The van der Waals surface area contributed by atoms with Gasteiger partial charge in [-0.2, -0.15) is 0 Å². The van der Waals surface area contributed by atoms with Crippen molar-refractivity contribution in [3.05, 3.63) is 51.4 Å². The molecule has 7 nitrogen and oxygen atoms in total. The van der Waals surface area contributed by atoms with Crippen LogP contribution in [-0.2, 0) is 17.7 Å². The first-order chi connectivity index (χ1) is 16.0. The van der Waals surface area contributed by atoms with Crippen LogP contribution in [0.1, 0.15) is 45.5 Å². The van der Waals surface area contributed by atoms with Gasteiger partial charge in [0.05, 0.1) is 5.01 Å². The summed E-state index contributed by atoms with van der Waals surface area (Å²) < 4.78 is 18.8. The van der Waals surface area contributed by atoms with Crippen molar-refractivity contribution in [3.8, 4) is 12.3 Å². The molecule has 1 aromatic carbocycles. The summed E-state index contributed by atoms with van der Waals surface area (Å²) in [6, 6.07) is 4.70. The number of rotatable bonds is 3. The number of thiazole rings is 1. The normalized spacial score (nSPS) is 16.5. The van der Waals surface area contributed by atoms with E-state index in [1.165, 1.54) is 23.5 Å². The van der Waals surface area contributed by atoms with Gasteiger partial charge in [0, 0.05) is 66.1 Å². The van der Waals surface area contributed by atoms with Gasteiger partial charge in [0.15, 0.2) is 6.61 Å². The maximum absolute atomic E-state index is 13.8. The summed E-state index contributed by atoms with van der Waals surface area (Å²) in [6.07, 6.45) is 6.97. The summed E-state index contributed by atoms with van der Waals surface area (Å²) >= 11 is 1.49. The Morgan fingerprint density at radius 3 is 2.88 bits per heavy atom. The highest BCUT2D eigenvalue weighted by atomic mass is 32.1. The number of ether oxygens (including phenoxy) is 1. The minimum Gasteiger partial charge on any atom is -0.436 e. The van der Waals surface area contributed by atoms with E-state index in [1.54, 1.807) is 15.9 Å². The van der Waals surface area contributed by atoms with Gasteiger partial charge in [-0.1, -0.05) is 5.92 Å². The molecule has 2 aliphatic heterocycles. The first kappa shape index (κ1) is 21.5. The zero-order chi connectivity index (χ0) is 22.9. The van der Waals surface area contributed by atoms with Gasteiger partial charge in [-0.3, -0.25) is 4.79 Å². The fourth-order valence-electron chi connectivity index (χ4n) is 4.60. The minimum atomic E-state index is -0.386. The molecule has 0 unspecified atom stereocenters. The Hall–Kier alpha value is -3.38. The van der Waals surface area contributed by atoms with Crippen LogP contribution in [-0.4, -0.2) is 58.0 Å². The van der Waals surface area contributed by atoms with E-state index >= 15 is 0 Å². The van der Waals surface area contributed by atoms with Gasteiger partial charge in [-0.05, 0) is 31.0 Å². The van der Waals surface area contributed by atoms with Crippen LogP contribution >= 0.6 is 11.3 Å². The molecule has 170 valence electrons. The number of H-pyrrole nitrogens is 1. The molecule has 2 amide bonds. The van der Waals surface area contributed by atoms with Crippen LogP contribution in [0.4, 0.5) is 9.18 Å². The predicted octanol–water partition coefficient (Wildman–Crippen LogP) is 3.91. The van der Waals surface area contributed by atoms with Gasteiger partial charge in [0.2, 0.25) is 0 Å². The molecule has 4 heterocycles. The lowest BCUT2D eigenvalue weighted by molar-refractivity contribution is 0.0729. The second-order valence-corrected chi connectivity index (χ2v) is 9.23. The molecule has 5 rings (SSSR count). The molecule has 0 aliphatic carbocycles. The number of carbonyl (C=O) groups excluding carboxylic acids is 2. The summed E-state index contributed by atoms with van der Waals surface area (Å²) in [7, 11) is 0. The topological polar surface area (TPSA) is 78.5 Å². The Balaban J connectivity index is 1.24. The number of terminal acetylenes is 1. The third kappa shape index (κ3) is 4.18. The van der Waals surface area contributed by atoms with E-state index in [9.17, 15) is 14.0 Å². The number of benzene rings is 1. The van der Waals surface area contributed by atoms with Crippen molar-refractivity contribution in [1.82, 2.24) is 19.8 Å². The number of likely N-dealkylation sites (tertiary alicyclic amines) is 1. The van der Waals surface area contributed by atoms with Crippen LogP contribution in [0.5, 0.6) is 0 Å². The zero-order valence-electron chi connectivity index (χ0n) is 18.0. The molecule has 0 saturated carbocycles. The largest absolute Gasteiger partial charge is 0.436 e. The van der Waals surface area contributed by atoms with Crippen LogP contribution in [0, 0.1) is 18.2 Å². The summed E-state index contributed by atoms with van der Waals surface area (Å²) in [4.78, 5) is 36.6. The number of halogens is 1. The Bertz CT molecular complexity index is 1250. The molecule has 0 bridgehead atoms. The van der Waals surface area contributed by atoms with Gasteiger partial charge in [0.1, 0.15) is 11.5 Å². The smallest absolute Gasteiger partial charge is 0.410 e. The van der Waals surface area contributed by atoms with Crippen molar-refractivity contribution in [3.63, 3.8) is 0 Å². The van der Waals surface area contributed by atoms with Gasteiger partial charge >= 0.3 is 6.09 Å². The Kier molecular flexibility index (Phi) is 5.77. The summed E-state index contributed by atoms with van der Waals surface area (Å²) in [5.41, 5.74) is 3.37. The second kappa shape index (κ2) is 8.87. The molecule has 1 N–H and O–H groups in total. The van der Waals surface area contributed by atoms with Gasteiger partial charge in [-0.15, -0.1) is 17.8 Å². The lowest BCUT2D eigenvalue weighted by Crippen LogP contribution is -2.38. The predicted molar refractivity (Wildman–Crippen MR) is 123 cm³/mol. The molecule has 2 aliphatic rings. The van der Waals surface area contributed by atoms with E-state index in [-0.39, 0.29) is 30.3 Å². The van der Waals surface area contributed by atoms with Crippen molar-refractivity contribution in [2.24, 2.45) is 0 Å². The molecule has 9 heteroatoms. The fraction of sp³-hybridized carbons (Fsp3) is 0.375. The quantitative estimate of drug-likeness (QED) is 0.594. The van der Waals surface area contributed by atoms with Crippen LogP contribution in [0.15, 0.2) is 23.6 Å². The fourth-order valence-corrected chi connectivity index (χ4v) is 5.56. The standard InChI is InChI=1S/C24H23FN4O3S/c1-2-11-32-24(31)28-8-5-15(6-9-28)22-27-21(14-33-22)23(30)29-10-7-20-18(13-29)17-12-16(25)3-4-19(17)26-20/h1,3-4,12,14-15,26H,5-11,13H2. The third-order valence-electron chi connectivity index (χ3n) is 6.35. The van der Waals surface area contributed by atoms with Gasteiger partial charge < -0.3 is 19.5 Å². The summed E-state index contributed by atoms with van der Waals surface area (Å²) in [6.45, 7) is 2.14. The number of aromatic amines is 1. The van der Waals surface area contributed by atoms with Gasteiger partial charge in [-0.25, -0.2) is 14.2 Å². The number of carbonyl (C=O) groups is 2. The van der Waals surface area contributed by atoms with Crippen LogP contribution in [0.25, 0.3) is 10.9 Å². The molecule has 2 aromatic heterocycles. The molecular formula is C24H23FN4O3S. The van der Waals surface area contributed by atoms with Crippen molar-refractivity contribution in [1.29, 1.82) is 0 Å². The number of hydrogen-bond acceptors (Lipinski definition) is 5. The monoisotopic (exact) mass is 466 g/mol. The Morgan fingerprint density at radius 2 is 2.09 bits per heavy atom. The number of amides is 2. The zero-order valence-corrected chi connectivity index (χ0v) is 18.8. The molecule has 1 fully saturated rings. The highest BCUT2D eigenvalue weighted by molar-refractivity contribution is 7.09. The van der Waals surface area contributed by atoms with Crippen molar-refractivity contribution in [2.45, 2.75) is 31.7 Å². The van der Waals surface area contributed by atoms with E-state index in [1.807, 2.05) is 5.38 Å². The molecule has 0 atom stereocenters. The maximum atomic E-state index is 13.8. The molecule has 0 radical (unpaired) electrons. The van der Waals surface area contributed by atoms with Gasteiger partial charge in [0.25, 0.3) is 5.91 Å². The van der Waals surface area contributed by atoms with Crippen molar-refractivity contribution >= 4 is 34.2 Å². The number of aromatic nitrogens is 2. The highest BCUT2D eigenvalue weighted by Crippen LogP contribution is 2.32. The highest BCUT2D eigenvalue weighted by Gasteiger charge is 2.29. The maximum Gasteiger partial charge on any atom is 0.410 e. The SMILES string of the molecule is C#CCOC(=O)N1CCC(c2nc(C(=O)N3CCc4[nH]c5ccc(F)cc5c4C3)cs2)CC1. The second-order valence-electron chi connectivity index (χ2n) is 8.34. The van der Waals surface area contributed by atoms with E-state index < -0.39 is 0 Å². The third-order valence-corrected chi connectivity index (χ3v) is 7.35. The first-order valence-electron chi connectivity index (χ1n) is 10.9. The van der Waals surface area contributed by atoms with Crippen LogP contribution in [0.3, 0.4) is 0 Å². The Morgan fingerprint density at radius 1 is 1.27 bits per heavy atom. The van der Waals surface area contributed by atoms with E-state index in [0.717, 1.165) is 40.0 Å². The van der Waals surface area contributed by atoms with E-state index in [0.29, 0.717) is 38.3 Å².